The van der Waals surface area contributed by atoms with Gasteiger partial charge in [-0.15, -0.1) is 11.3 Å². The first-order valence-corrected chi connectivity index (χ1v) is 13.4. The van der Waals surface area contributed by atoms with Crippen LogP contribution in [-0.4, -0.2) is 62.1 Å². The van der Waals surface area contributed by atoms with E-state index in [9.17, 15) is 4.79 Å². The van der Waals surface area contributed by atoms with Gasteiger partial charge in [-0.1, -0.05) is 38.5 Å². The van der Waals surface area contributed by atoms with E-state index in [1.54, 1.807) is 11.3 Å². The standard InChI is InChI=1S/C27H39N3O2S/c1-4-6-20(2)19-32-22-10-8-21(9-11-22)25(18-30-14-12-29(3)13-15-30)28-27(31)24-17-23(24)26-7-5-16-33-26/h5,7-11,16,20,23-25H,4,6,12-15,17-19H2,1-3H3,(H,28,31)/t20-,23-,24-,25-/m0/s1. The molecule has 1 amide bonds. The minimum absolute atomic E-state index is 0.00134. The number of rotatable bonds is 11. The third kappa shape index (κ3) is 6.81. The number of thiophene rings is 1. The van der Waals surface area contributed by atoms with Crippen LogP contribution in [0.15, 0.2) is 41.8 Å². The number of ether oxygens (including phenoxy) is 1. The van der Waals surface area contributed by atoms with Crippen molar-refractivity contribution in [3.63, 3.8) is 0 Å². The molecule has 2 aromatic rings. The topological polar surface area (TPSA) is 44.8 Å². The van der Waals surface area contributed by atoms with Gasteiger partial charge in [-0.2, -0.15) is 0 Å². The summed E-state index contributed by atoms with van der Waals surface area (Å²) >= 11 is 1.76. The van der Waals surface area contributed by atoms with Gasteiger partial charge in [0.05, 0.1) is 12.6 Å². The first kappa shape index (κ1) is 24.2. The van der Waals surface area contributed by atoms with E-state index >= 15 is 0 Å². The third-order valence-electron chi connectivity index (χ3n) is 6.99. The molecule has 4 rings (SSSR count). The van der Waals surface area contributed by atoms with Crippen molar-refractivity contribution in [2.75, 3.05) is 46.4 Å². The van der Waals surface area contributed by atoms with Crippen molar-refractivity contribution < 1.29 is 9.53 Å². The average molecular weight is 470 g/mol. The molecule has 1 aromatic carbocycles. The van der Waals surface area contributed by atoms with Crippen LogP contribution in [-0.2, 0) is 4.79 Å². The van der Waals surface area contributed by atoms with Crippen LogP contribution in [0.3, 0.4) is 0 Å². The summed E-state index contributed by atoms with van der Waals surface area (Å²) in [5.74, 6) is 2.18. The first-order valence-electron chi connectivity index (χ1n) is 12.5. The zero-order valence-electron chi connectivity index (χ0n) is 20.3. The van der Waals surface area contributed by atoms with Crippen molar-refractivity contribution in [1.82, 2.24) is 15.1 Å². The fourth-order valence-corrected chi connectivity index (χ4v) is 5.62. The van der Waals surface area contributed by atoms with Crippen LogP contribution in [0.4, 0.5) is 0 Å². The Morgan fingerprint density at radius 3 is 2.61 bits per heavy atom. The van der Waals surface area contributed by atoms with E-state index in [2.05, 4.69) is 77.8 Å². The number of carbonyl (C=O) groups excluding carboxylic acids is 1. The highest BCUT2D eigenvalue weighted by Gasteiger charge is 2.45. The Hall–Kier alpha value is -1.89. The number of nitrogens with zero attached hydrogens (tertiary/aromatic N) is 2. The van der Waals surface area contributed by atoms with Crippen LogP contribution in [0.25, 0.3) is 0 Å². The van der Waals surface area contributed by atoms with Crippen molar-refractivity contribution >= 4 is 17.2 Å². The van der Waals surface area contributed by atoms with E-state index in [0.29, 0.717) is 11.8 Å². The van der Waals surface area contributed by atoms with Crippen molar-refractivity contribution in [3.8, 4) is 5.75 Å². The Morgan fingerprint density at radius 2 is 1.94 bits per heavy atom. The Kier molecular flexibility index (Phi) is 8.45. The van der Waals surface area contributed by atoms with Crippen LogP contribution in [0.5, 0.6) is 5.75 Å². The molecular formula is C27H39N3O2S. The number of hydrogen-bond donors (Lipinski definition) is 1. The second kappa shape index (κ2) is 11.5. The summed E-state index contributed by atoms with van der Waals surface area (Å²) in [6.07, 6.45) is 3.34. The smallest absolute Gasteiger partial charge is 0.224 e. The van der Waals surface area contributed by atoms with Gasteiger partial charge in [0, 0.05) is 49.4 Å². The summed E-state index contributed by atoms with van der Waals surface area (Å²) in [7, 11) is 2.18. The number of hydrogen-bond acceptors (Lipinski definition) is 5. The molecule has 5 nitrogen and oxygen atoms in total. The van der Waals surface area contributed by atoms with Crippen LogP contribution >= 0.6 is 11.3 Å². The lowest BCUT2D eigenvalue weighted by atomic mass is 10.0. The Labute approximate surface area is 203 Å². The van der Waals surface area contributed by atoms with E-state index in [1.165, 1.54) is 17.7 Å². The molecule has 1 saturated heterocycles. The van der Waals surface area contributed by atoms with E-state index in [1.807, 2.05) is 0 Å². The monoisotopic (exact) mass is 469 g/mol. The van der Waals surface area contributed by atoms with Crippen LogP contribution in [0, 0.1) is 11.8 Å². The molecule has 2 aliphatic rings. The van der Waals surface area contributed by atoms with E-state index in [-0.39, 0.29) is 17.9 Å². The fourth-order valence-electron chi connectivity index (χ4n) is 4.71. The molecule has 1 aliphatic carbocycles. The molecular weight excluding hydrogens is 430 g/mol. The zero-order valence-corrected chi connectivity index (χ0v) is 21.2. The van der Waals surface area contributed by atoms with Gasteiger partial charge in [0.1, 0.15) is 5.75 Å². The Morgan fingerprint density at radius 1 is 1.18 bits per heavy atom. The maximum Gasteiger partial charge on any atom is 0.224 e. The van der Waals surface area contributed by atoms with Gasteiger partial charge in [-0.25, -0.2) is 0 Å². The molecule has 1 aromatic heterocycles. The number of carbonyl (C=O) groups is 1. The highest BCUT2D eigenvalue weighted by Crippen LogP contribution is 2.49. The van der Waals surface area contributed by atoms with Gasteiger partial charge in [0.2, 0.25) is 5.91 Å². The molecule has 1 N–H and O–H groups in total. The maximum atomic E-state index is 13.1. The van der Waals surface area contributed by atoms with Crippen molar-refractivity contribution in [3.05, 3.63) is 52.2 Å². The minimum Gasteiger partial charge on any atom is -0.493 e. The number of amides is 1. The molecule has 6 heteroatoms. The largest absolute Gasteiger partial charge is 0.493 e. The van der Waals surface area contributed by atoms with Crippen LogP contribution < -0.4 is 10.1 Å². The Bertz CT molecular complexity index is 862. The molecule has 0 bridgehead atoms. The third-order valence-corrected chi connectivity index (χ3v) is 7.99. The van der Waals surface area contributed by atoms with Crippen molar-refractivity contribution in [1.29, 1.82) is 0 Å². The number of piperazine rings is 1. The lowest BCUT2D eigenvalue weighted by Crippen LogP contribution is -2.48. The molecule has 1 saturated carbocycles. The highest BCUT2D eigenvalue weighted by atomic mass is 32.1. The van der Waals surface area contributed by atoms with E-state index in [0.717, 1.165) is 57.1 Å². The van der Waals surface area contributed by atoms with Gasteiger partial charge >= 0.3 is 0 Å². The van der Waals surface area contributed by atoms with E-state index < -0.39 is 0 Å². The molecule has 2 heterocycles. The summed E-state index contributed by atoms with van der Waals surface area (Å²) in [6.45, 7) is 10.3. The molecule has 2 fully saturated rings. The summed E-state index contributed by atoms with van der Waals surface area (Å²) < 4.78 is 6.00. The highest BCUT2D eigenvalue weighted by molar-refractivity contribution is 7.10. The van der Waals surface area contributed by atoms with Gasteiger partial charge in [0.15, 0.2) is 0 Å². The normalized spacial score (nSPS) is 23.1. The number of nitrogens with one attached hydrogen (secondary N) is 1. The number of likely N-dealkylation sites (N-methyl/N-ethyl adjacent to an activating group) is 1. The Balaban J connectivity index is 1.39. The lowest BCUT2D eigenvalue weighted by molar-refractivity contribution is -0.123. The quantitative estimate of drug-likeness (QED) is 0.515. The predicted molar refractivity (Wildman–Crippen MR) is 136 cm³/mol. The summed E-state index contributed by atoms with van der Waals surface area (Å²) in [5.41, 5.74) is 1.16. The number of benzene rings is 1. The summed E-state index contributed by atoms with van der Waals surface area (Å²) in [4.78, 5) is 19.3. The maximum absolute atomic E-state index is 13.1. The van der Waals surface area contributed by atoms with Crippen LogP contribution in [0.2, 0.25) is 0 Å². The fraction of sp³-hybridized carbons (Fsp3) is 0.593. The first-order chi connectivity index (χ1) is 16.0. The minimum atomic E-state index is -0.00134. The second-order valence-electron chi connectivity index (χ2n) is 9.90. The second-order valence-corrected chi connectivity index (χ2v) is 10.9. The van der Waals surface area contributed by atoms with Crippen molar-refractivity contribution in [2.45, 2.75) is 45.1 Å². The van der Waals surface area contributed by atoms with Gasteiger partial charge in [-0.05, 0) is 54.9 Å². The SMILES string of the molecule is CCC[C@H](C)COc1ccc([C@H](CN2CCN(C)CC2)NC(=O)[C@H]2C[C@@H]2c2cccs2)cc1. The van der Waals surface area contributed by atoms with Gasteiger partial charge in [-0.3, -0.25) is 9.69 Å². The average Bonchev–Trinajstić information content (AvgIpc) is 3.44. The molecule has 0 unspecified atom stereocenters. The molecule has 1 aliphatic heterocycles. The molecule has 33 heavy (non-hydrogen) atoms. The van der Waals surface area contributed by atoms with Crippen LogP contribution in [0.1, 0.15) is 55.5 Å². The lowest BCUT2D eigenvalue weighted by Gasteiger charge is -2.35. The molecule has 4 atom stereocenters. The predicted octanol–water partition coefficient (Wildman–Crippen LogP) is 4.77. The van der Waals surface area contributed by atoms with E-state index in [4.69, 9.17) is 4.74 Å². The molecule has 0 spiro atoms. The zero-order chi connectivity index (χ0) is 23.2. The molecule has 0 radical (unpaired) electrons. The summed E-state index contributed by atoms with van der Waals surface area (Å²) in [5, 5.41) is 5.50. The summed E-state index contributed by atoms with van der Waals surface area (Å²) in [6, 6.07) is 12.6. The molecule has 180 valence electrons. The van der Waals surface area contributed by atoms with Gasteiger partial charge in [0.25, 0.3) is 0 Å². The van der Waals surface area contributed by atoms with Crippen molar-refractivity contribution in [2.24, 2.45) is 11.8 Å². The van der Waals surface area contributed by atoms with Gasteiger partial charge < -0.3 is 15.0 Å².